The zero-order chi connectivity index (χ0) is 21.7. The molecule has 2 atom stereocenters. The molecule has 1 fully saturated rings. The largest absolute Gasteiger partial charge is 0.309 e. The molecule has 1 aromatic heterocycles. The van der Waals surface area contributed by atoms with Crippen molar-refractivity contribution in [1.29, 1.82) is 0 Å². The molecule has 3 aromatic rings. The topological polar surface area (TPSA) is 88.5 Å². The van der Waals surface area contributed by atoms with E-state index in [2.05, 4.69) is 5.32 Å². The van der Waals surface area contributed by atoms with Gasteiger partial charge in [0.1, 0.15) is 0 Å². The molecule has 0 aliphatic carbocycles. The Morgan fingerprint density at radius 3 is 2.17 bits per heavy atom. The molecule has 1 saturated heterocycles. The third kappa shape index (κ3) is 3.65. The van der Waals surface area contributed by atoms with Crippen LogP contribution in [0.2, 0.25) is 5.02 Å². The summed E-state index contributed by atoms with van der Waals surface area (Å²) >= 11 is 6.09. The van der Waals surface area contributed by atoms with Crippen LogP contribution in [-0.4, -0.2) is 50.3 Å². The number of hydrogen-bond acceptors (Lipinski definition) is 5. The third-order valence-corrected chi connectivity index (χ3v) is 9.00. The lowest BCUT2D eigenvalue weighted by Crippen LogP contribution is -2.55. The Morgan fingerprint density at radius 2 is 1.53 bits per heavy atom. The summed E-state index contributed by atoms with van der Waals surface area (Å²) in [7, 11) is -8.25. The van der Waals surface area contributed by atoms with Crippen LogP contribution in [0.4, 0.5) is 0 Å². The van der Waals surface area contributed by atoms with Gasteiger partial charge in [-0.2, -0.15) is 4.31 Å². The van der Waals surface area contributed by atoms with Gasteiger partial charge in [0.05, 0.1) is 10.4 Å². The maximum absolute atomic E-state index is 13.6. The first-order chi connectivity index (χ1) is 14.1. The fourth-order valence-corrected chi connectivity index (χ4v) is 7.74. The minimum atomic E-state index is -4.16. The van der Waals surface area contributed by atoms with Crippen LogP contribution < -0.4 is 5.32 Å². The maximum atomic E-state index is 13.6. The minimum Gasteiger partial charge on any atom is -0.309 e. The Balaban J connectivity index is 1.98. The highest BCUT2D eigenvalue weighted by Crippen LogP contribution is 2.32. The number of fused-ring (bicyclic) bond motifs is 1. The molecule has 2 aromatic carbocycles. The average molecular weight is 468 g/mol. The molecule has 4 rings (SSSR count). The van der Waals surface area contributed by atoms with Crippen molar-refractivity contribution in [2.75, 3.05) is 13.1 Å². The van der Waals surface area contributed by atoms with Crippen LogP contribution in [0.15, 0.2) is 64.5 Å². The standard InChI is InChI=1S/C20H22ClN3O4S2/c1-14-12-23(13-15(2)22-14)30(27,28)20-11-16-10-17(21)8-9-19(16)24(20)29(25,26)18-6-4-3-5-7-18/h3-11,14-15,22H,12-13H2,1-2H3/t14-,15+. The van der Waals surface area contributed by atoms with Crippen molar-refractivity contribution in [3.8, 4) is 0 Å². The molecule has 1 N–H and O–H groups in total. The van der Waals surface area contributed by atoms with E-state index < -0.39 is 20.0 Å². The lowest BCUT2D eigenvalue weighted by molar-refractivity contribution is 0.262. The molecule has 160 valence electrons. The van der Waals surface area contributed by atoms with Crippen molar-refractivity contribution in [1.82, 2.24) is 13.6 Å². The molecule has 30 heavy (non-hydrogen) atoms. The number of hydrogen-bond donors (Lipinski definition) is 1. The van der Waals surface area contributed by atoms with Crippen molar-refractivity contribution in [2.24, 2.45) is 0 Å². The SMILES string of the molecule is C[C@@H]1CN(S(=O)(=O)c2cc3cc(Cl)ccc3n2S(=O)(=O)c2ccccc2)C[C@H](C)N1. The number of rotatable bonds is 4. The van der Waals surface area contributed by atoms with Gasteiger partial charge >= 0.3 is 0 Å². The molecule has 0 unspecified atom stereocenters. The maximum Gasteiger partial charge on any atom is 0.269 e. The second kappa shape index (κ2) is 7.65. The van der Waals surface area contributed by atoms with E-state index in [0.29, 0.717) is 10.4 Å². The minimum absolute atomic E-state index is 0.0101. The lowest BCUT2D eigenvalue weighted by atomic mass is 10.2. The summed E-state index contributed by atoms with van der Waals surface area (Å²) in [5, 5.41) is 3.84. The number of benzene rings is 2. The first-order valence-corrected chi connectivity index (χ1v) is 12.7. The molecule has 0 bridgehead atoms. The van der Waals surface area contributed by atoms with Gasteiger partial charge in [0.25, 0.3) is 20.0 Å². The predicted octanol–water partition coefficient (Wildman–Crippen LogP) is 2.90. The van der Waals surface area contributed by atoms with E-state index in [1.165, 1.54) is 28.6 Å². The summed E-state index contributed by atoms with van der Waals surface area (Å²) in [6.45, 7) is 4.29. The molecular weight excluding hydrogens is 446 g/mol. The van der Waals surface area contributed by atoms with Crippen molar-refractivity contribution < 1.29 is 16.8 Å². The smallest absolute Gasteiger partial charge is 0.269 e. The summed E-state index contributed by atoms with van der Waals surface area (Å²) in [4.78, 5) is 0.0101. The predicted molar refractivity (Wildman–Crippen MR) is 117 cm³/mol. The van der Waals surface area contributed by atoms with Gasteiger partial charge in [0.15, 0.2) is 5.03 Å². The van der Waals surface area contributed by atoms with Crippen LogP contribution in [0.25, 0.3) is 10.9 Å². The van der Waals surface area contributed by atoms with Gasteiger partial charge in [0.2, 0.25) is 0 Å². The highest BCUT2D eigenvalue weighted by Gasteiger charge is 2.36. The van der Waals surface area contributed by atoms with Crippen LogP contribution in [0, 0.1) is 0 Å². The molecule has 2 heterocycles. The van der Waals surface area contributed by atoms with Gasteiger partial charge in [-0.3, -0.25) is 0 Å². The highest BCUT2D eigenvalue weighted by molar-refractivity contribution is 7.92. The zero-order valence-electron chi connectivity index (χ0n) is 16.5. The quantitative estimate of drug-likeness (QED) is 0.637. The van der Waals surface area contributed by atoms with E-state index in [0.717, 1.165) is 3.97 Å². The van der Waals surface area contributed by atoms with E-state index in [1.54, 1.807) is 30.3 Å². The van der Waals surface area contributed by atoms with E-state index in [4.69, 9.17) is 11.6 Å². The van der Waals surface area contributed by atoms with Crippen LogP contribution in [0.3, 0.4) is 0 Å². The summed E-state index contributed by atoms with van der Waals surface area (Å²) < 4.78 is 56.5. The van der Waals surface area contributed by atoms with Gasteiger partial charge in [-0.25, -0.2) is 20.8 Å². The molecule has 0 spiro atoms. The van der Waals surface area contributed by atoms with Crippen molar-refractivity contribution >= 4 is 42.6 Å². The van der Waals surface area contributed by atoms with E-state index >= 15 is 0 Å². The number of nitrogens with one attached hydrogen (secondary N) is 1. The second-order valence-electron chi connectivity index (χ2n) is 7.56. The Morgan fingerprint density at radius 1 is 0.900 bits per heavy atom. The zero-order valence-corrected chi connectivity index (χ0v) is 18.9. The monoisotopic (exact) mass is 467 g/mol. The van der Waals surface area contributed by atoms with Crippen LogP contribution in [0.5, 0.6) is 0 Å². The second-order valence-corrected chi connectivity index (χ2v) is 11.7. The van der Waals surface area contributed by atoms with Crippen molar-refractivity contribution in [3.63, 3.8) is 0 Å². The summed E-state index contributed by atoms with van der Waals surface area (Å²) in [6.07, 6.45) is 0. The first-order valence-electron chi connectivity index (χ1n) is 9.48. The average Bonchev–Trinajstić information content (AvgIpc) is 3.08. The molecule has 0 amide bonds. The normalized spacial score (nSPS) is 21.2. The summed E-state index contributed by atoms with van der Waals surface area (Å²) in [6, 6.07) is 13.7. The molecular formula is C20H22ClN3O4S2. The Hall–Kier alpha value is -1.91. The highest BCUT2D eigenvalue weighted by atomic mass is 35.5. The van der Waals surface area contributed by atoms with Crippen LogP contribution in [0.1, 0.15) is 13.8 Å². The number of aromatic nitrogens is 1. The molecule has 0 radical (unpaired) electrons. The van der Waals surface area contributed by atoms with E-state index in [1.807, 2.05) is 13.8 Å². The Kier molecular flexibility index (Phi) is 5.44. The van der Waals surface area contributed by atoms with Crippen molar-refractivity contribution in [2.45, 2.75) is 35.9 Å². The van der Waals surface area contributed by atoms with Crippen molar-refractivity contribution in [3.05, 3.63) is 59.6 Å². The number of nitrogens with zero attached hydrogens (tertiary/aromatic N) is 2. The molecule has 0 saturated carbocycles. The summed E-state index contributed by atoms with van der Waals surface area (Å²) in [5.41, 5.74) is 0.262. The molecule has 7 nitrogen and oxygen atoms in total. The van der Waals surface area contributed by atoms with E-state index in [9.17, 15) is 16.8 Å². The van der Waals surface area contributed by atoms with Gasteiger partial charge in [-0.1, -0.05) is 29.8 Å². The van der Waals surface area contributed by atoms with Crippen LogP contribution >= 0.6 is 11.6 Å². The number of piperazine rings is 1. The third-order valence-electron chi connectivity index (χ3n) is 5.10. The molecule has 1 aliphatic heterocycles. The fourth-order valence-electron chi connectivity index (χ4n) is 3.87. The van der Waals surface area contributed by atoms with Crippen LogP contribution in [-0.2, 0) is 20.0 Å². The number of sulfonamides is 1. The van der Waals surface area contributed by atoms with E-state index in [-0.39, 0.29) is 40.6 Å². The fraction of sp³-hybridized carbons (Fsp3) is 0.300. The summed E-state index contributed by atoms with van der Waals surface area (Å²) in [5.74, 6) is 0. The number of halogens is 1. The first kappa shape index (κ1) is 21.3. The molecule has 1 aliphatic rings. The Labute approximate surface area is 181 Å². The Bertz CT molecular complexity index is 1290. The van der Waals surface area contributed by atoms with Gasteiger partial charge in [-0.15, -0.1) is 0 Å². The molecule has 10 heteroatoms. The van der Waals surface area contributed by atoms with Gasteiger partial charge in [-0.05, 0) is 50.2 Å². The lowest BCUT2D eigenvalue weighted by Gasteiger charge is -2.35. The van der Waals surface area contributed by atoms with Gasteiger partial charge in [0, 0.05) is 35.6 Å². The van der Waals surface area contributed by atoms with Gasteiger partial charge < -0.3 is 5.32 Å².